The van der Waals surface area contributed by atoms with E-state index < -0.39 is 0 Å². The zero-order chi connectivity index (χ0) is 25.4. The molecule has 2 heterocycles. The van der Waals surface area contributed by atoms with Crippen molar-refractivity contribution in [2.24, 2.45) is 0 Å². The van der Waals surface area contributed by atoms with Gasteiger partial charge in [0.05, 0.1) is 39.6 Å². The highest BCUT2D eigenvalue weighted by molar-refractivity contribution is 5.18. The molecule has 2 aromatic rings. The predicted octanol–water partition coefficient (Wildman–Crippen LogP) is 5.61. The van der Waals surface area contributed by atoms with E-state index in [1.807, 2.05) is 36.4 Å². The second-order valence-corrected chi connectivity index (χ2v) is 9.43. The first kappa shape index (κ1) is 28.2. The van der Waals surface area contributed by atoms with E-state index in [0.29, 0.717) is 39.6 Å². The first-order chi connectivity index (χ1) is 18.4. The Labute approximate surface area is 221 Å². The monoisotopic (exact) mass is 514 g/mol. The summed E-state index contributed by atoms with van der Waals surface area (Å²) in [4.78, 5) is 0. The maximum Gasteiger partial charge on any atom is 0.158 e. The number of hydrogen-bond donors (Lipinski definition) is 0. The lowest BCUT2D eigenvalue weighted by atomic mass is 10.1. The van der Waals surface area contributed by atoms with E-state index in [2.05, 4.69) is 24.3 Å². The third-order valence-electron chi connectivity index (χ3n) is 6.53. The number of ether oxygens (including phenoxy) is 7. The number of rotatable bonds is 16. The van der Waals surface area contributed by atoms with Crippen LogP contribution in [0.4, 0.5) is 0 Å². The van der Waals surface area contributed by atoms with E-state index in [9.17, 15) is 0 Å². The topological polar surface area (TPSA) is 64.6 Å². The molecule has 0 spiro atoms. The van der Waals surface area contributed by atoms with Crippen molar-refractivity contribution in [3.63, 3.8) is 0 Å². The summed E-state index contributed by atoms with van der Waals surface area (Å²) >= 11 is 0. The van der Waals surface area contributed by atoms with Crippen LogP contribution in [0.2, 0.25) is 0 Å². The maximum atomic E-state index is 6.22. The van der Waals surface area contributed by atoms with Gasteiger partial charge in [0.25, 0.3) is 0 Å². The summed E-state index contributed by atoms with van der Waals surface area (Å²) in [6.45, 7) is 4.43. The molecule has 7 heteroatoms. The molecule has 2 aliphatic heterocycles. The van der Waals surface area contributed by atoms with Crippen molar-refractivity contribution in [3.8, 4) is 0 Å². The van der Waals surface area contributed by atoms with Crippen molar-refractivity contribution in [3.05, 3.63) is 71.8 Å². The largest absolute Gasteiger partial charge is 0.377 e. The van der Waals surface area contributed by atoms with Crippen molar-refractivity contribution < 1.29 is 33.2 Å². The summed E-state index contributed by atoms with van der Waals surface area (Å²) in [6.07, 6.45) is 5.68. The van der Waals surface area contributed by atoms with Gasteiger partial charge in [0.15, 0.2) is 12.6 Å². The minimum absolute atomic E-state index is 0.157. The van der Waals surface area contributed by atoms with E-state index in [1.165, 1.54) is 0 Å². The molecule has 0 radical (unpaired) electrons. The molecule has 0 N–H and O–H groups in total. The SMILES string of the molecule is c1ccc([C@@H](COCCOCCOC[C@@H](OC2CCCCO2)c2ccccc2)OC2CCCCO2)cc1. The van der Waals surface area contributed by atoms with E-state index >= 15 is 0 Å². The van der Waals surface area contributed by atoms with Gasteiger partial charge >= 0.3 is 0 Å². The normalized spacial score (nSPS) is 21.9. The van der Waals surface area contributed by atoms with Gasteiger partial charge < -0.3 is 33.2 Å². The maximum absolute atomic E-state index is 6.22. The molecule has 4 rings (SSSR count). The molecule has 7 nitrogen and oxygen atoms in total. The number of benzene rings is 2. The second-order valence-electron chi connectivity index (χ2n) is 9.43. The minimum Gasteiger partial charge on any atom is -0.377 e. The third-order valence-corrected chi connectivity index (χ3v) is 6.53. The molecule has 0 aromatic heterocycles. The standard InChI is InChI=1S/C30H42O7/c1-3-11-25(12-4-1)27(36-29-15-7-9-17-34-29)23-32-21-19-31-20-22-33-24-28(26-13-5-2-6-14-26)37-30-16-8-10-18-35-30/h1-6,11-14,27-30H,7-10,15-24H2/t27-,28-,29?,30?/m1/s1. The van der Waals surface area contributed by atoms with Crippen molar-refractivity contribution >= 4 is 0 Å². The van der Waals surface area contributed by atoms with E-state index in [1.54, 1.807) is 0 Å². The highest BCUT2D eigenvalue weighted by atomic mass is 16.7. The van der Waals surface area contributed by atoms with Gasteiger partial charge in [-0.2, -0.15) is 0 Å². The van der Waals surface area contributed by atoms with Crippen molar-refractivity contribution in [1.29, 1.82) is 0 Å². The molecule has 2 fully saturated rings. The van der Waals surface area contributed by atoms with Crippen LogP contribution in [0, 0.1) is 0 Å². The van der Waals surface area contributed by atoms with Gasteiger partial charge in [-0.25, -0.2) is 0 Å². The highest BCUT2D eigenvalue weighted by Gasteiger charge is 2.22. The van der Waals surface area contributed by atoms with Gasteiger partial charge in [0.1, 0.15) is 12.2 Å². The van der Waals surface area contributed by atoms with Crippen LogP contribution >= 0.6 is 0 Å². The van der Waals surface area contributed by atoms with Crippen LogP contribution in [0.15, 0.2) is 60.7 Å². The third kappa shape index (κ3) is 10.4. The summed E-state index contributed by atoms with van der Waals surface area (Å²) in [6, 6.07) is 20.4. The Balaban J connectivity index is 1.10. The first-order valence-corrected chi connectivity index (χ1v) is 13.8. The zero-order valence-corrected chi connectivity index (χ0v) is 21.8. The molecular formula is C30H42O7. The quantitative estimate of drug-likeness (QED) is 0.270. The van der Waals surface area contributed by atoms with E-state index in [4.69, 9.17) is 33.2 Å². The van der Waals surface area contributed by atoms with Crippen molar-refractivity contribution in [1.82, 2.24) is 0 Å². The first-order valence-electron chi connectivity index (χ1n) is 13.8. The van der Waals surface area contributed by atoms with E-state index in [-0.39, 0.29) is 24.8 Å². The van der Waals surface area contributed by atoms with Crippen LogP contribution in [-0.2, 0) is 33.2 Å². The van der Waals surface area contributed by atoms with Crippen LogP contribution in [-0.4, -0.2) is 65.4 Å². The Morgan fingerprint density at radius 2 is 1.00 bits per heavy atom. The smallest absolute Gasteiger partial charge is 0.158 e. The van der Waals surface area contributed by atoms with E-state index in [0.717, 1.165) is 62.9 Å². The average Bonchev–Trinajstić information content (AvgIpc) is 2.97. The van der Waals surface area contributed by atoms with Gasteiger partial charge in [-0.3, -0.25) is 0 Å². The van der Waals surface area contributed by atoms with Gasteiger partial charge in [0.2, 0.25) is 0 Å². The average molecular weight is 515 g/mol. The Morgan fingerprint density at radius 3 is 1.41 bits per heavy atom. The molecule has 2 aromatic carbocycles. The second kappa shape index (κ2) is 16.9. The molecular weight excluding hydrogens is 472 g/mol. The van der Waals surface area contributed by atoms with Crippen LogP contribution in [0.3, 0.4) is 0 Å². The Bertz CT molecular complexity index is 753. The molecule has 0 aliphatic carbocycles. The van der Waals surface area contributed by atoms with Crippen molar-refractivity contribution in [2.75, 3.05) is 52.9 Å². The molecule has 37 heavy (non-hydrogen) atoms. The lowest BCUT2D eigenvalue weighted by molar-refractivity contribution is -0.201. The molecule has 4 atom stereocenters. The summed E-state index contributed by atoms with van der Waals surface area (Å²) in [5.74, 6) is 0. The summed E-state index contributed by atoms with van der Waals surface area (Å²) in [5, 5.41) is 0. The summed E-state index contributed by atoms with van der Waals surface area (Å²) in [7, 11) is 0. The molecule has 2 aliphatic rings. The Hall–Kier alpha value is -1.84. The molecule has 2 unspecified atom stereocenters. The van der Waals surface area contributed by atoms with Crippen LogP contribution in [0.25, 0.3) is 0 Å². The fourth-order valence-corrected chi connectivity index (χ4v) is 4.49. The molecule has 2 saturated heterocycles. The minimum atomic E-state index is -0.163. The lowest BCUT2D eigenvalue weighted by Crippen LogP contribution is -2.27. The predicted molar refractivity (Wildman–Crippen MR) is 140 cm³/mol. The van der Waals surface area contributed by atoms with Gasteiger partial charge in [-0.15, -0.1) is 0 Å². The fraction of sp³-hybridized carbons (Fsp3) is 0.600. The van der Waals surface area contributed by atoms with Gasteiger partial charge in [-0.1, -0.05) is 60.7 Å². The van der Waals surface area contributed by atoms with Crippen molar-refractivity contribution in [2.45, 2.75) is 63.3 Å². The molecule has 204 valence electrons. The zero-order valence-electron chi connectivity index (χ0n) is 21.8. The molecule has 0 bridgehead atoms. The Morgan fingerprint density at radius 1 is 0.568 bits per heavy atom. The highest BCUT2D eigenvalue weighted by Crippen LogP contribution is 2.25. The lowest BCUT2D eigenvalue weighted by Gasteiger charge is -2.28. The summed E-state index contributed by atoms with van der Waals surface area (Å²) in [5.41, 5.74) is 2.19. The summed E-state index contributed by atoms with van der Waals surface area (Å²) < 4.78 is 41.5. The van der Waals surface area contributed by atoms with Gasteiger partial charge in [-0.05, 0) is 49.7 Å². The van der Waals surface area contributed by atoms with Crippen LogP contribution in [0.1, 0.15) is 61.9 Å². The van der Waals surface area contributed by atoms with Crippen LogP contribution in [0.5, 0.6) is 0 Å². The van der Waals surface area contributed by atoms with Crippen LogP contribution < -0.4 is 0 Å². The Kier molecular flexibility index (Phi) is 12.9. The molecule has 0 amide bonds. The fourth-order valence-electron chi connectivity index (χ4n) is 4.49. The molecule has 0 saturated carbocycles. The van der Waals surface area contributed by atoms with Gasteiger partial charge in [0, 0.05) is 13.2 Å². The number of hydrogen-bond acceptors (Lipinski definition) is 7.